The van der Waals surface area contributed by atoms with Gasteiger partial charge >= 0.3 is 11.9 Å². The molecule has 0 heterocycles. The number of carbonyl (C=O) groups is 2. The number of allylic oxidation sites excluding steroid dienone is 2. The van der Waals surface area contributed by atoms with Crippen molar-refractivity contribution in [2.24, 2.45) is 23.7 Å². The summed E-state index contributed by atoms with van der Waals surface area (Å²) in [5.41, 5.74) is 0. The molecule has 0 saturated heterocycles. The molecule has 0 aromatic heterocycles. The van der Waals surface area contributed by atoms with Crippen LogP contribution in [0.3, 0.4) is 0 Å². The highest BCUT2D eigenvalue weighted by Crippen LogP contribution is 2.34. The Hall–Kier alpha value is -1.32. The topological polar surface area (TPSA) is 52.6 Å². The van der Waals surface area contributed by atoms with Crippen molar-refractivity contribution >= 4 is 11.9 Å². The van der Waals surface area contributed by atoms with Gasteiger partial charge in [0.05, 0.1) is 13.2 Å². The molecule has 0 N–H and O–H groups in total. The molecule has 0 aromatic carbocycles. The maximum Gasteiger partial charge on any atom is 0.302 e. The zero-order chi connectivity index (χ0) is 13.7. The summed E-state index contributed by atoms with van der Waals surface area (Å²) in [5, 5.41) is 0. The second-order valence-electron chi connectivity index (χ2n) is 5.04. The molecule has 1 rings (SSSR count). The van der Waals surface area contributed by atoms with E-state index in [4.69, 9.17) is 9.47 Å². The number of hydrogen-bond acceptors (Lipinski definition) is 4. The molecule has 0 amide bonds. The molecule has 0 bridgehead atoms. The molecule has 0 aromatic rings. The largest absolute Gasteiger partial charge is 0.466 e. The second kappa shape index (κ2) is 6.57. The number of carbonyl (C=O) groups excluding carboxylic acids is 2. The highest BCUT2D eigenvalue weighted by molar-refractivity contribution is 5.66. The molecule has 18 heavy (non-hydrogen) atoms. The smallest absolute Gasteiger partial charge is 0.302 e. The molecule has 0 spiro atoms. The zero-order valence-electron chi connectivity index (χ0n) is 11.5. The van der Waals surface area contributed by atoms with E-state index >= 15 is 0 Å². The van der Waals surface area contributed by atoms with Crippen molar-refractivity contribution in [3.8, 4) is 0 Å². The lowest BCUT2D eigenvalue weighted by Crippen LogP contribution is -2.36. The van der Waals surface area contributed by atoms with E-state index in [2.05, 4.69) is 26.0 Å². The Morgan fingerprint density at radius 1 is 0.889 bits per heavy atom. The minimum Gasteiger partial charge on any atom is -0.466 e. The van der Waals surface area contributed by atoms with Gasteiger partial charge in [-0.15, -0.1) is 0 Å². The van der Waals surface area contributed by atoms with Crippen LogP contribution in [0.4, 0.5) is 0 Å². The average molecular weight is 254 g/mol. The predicted molar refractivity (Wildman–Crippen MR) is 67.7 cm³/mol. The van der Waals surface area contributed by atoms with Crippen molar-refractivity contribution in [1.29, 1.82) is 0 Å². The molecule has 0 radical (unpaired) electrons. The zero-order valence-corrected chi connectivity index (χ0v) is 11.5. The molecule has 4 heteroatoms. The quantitative estimate of drug-likeness (QED) is 0.570. The monoisotopic (exact) mass is 254 g/mol. The van der Waals surface area contributed by atoms with Gasteiger partial charge in [0, 0.05) is 25.7 Å². The van der Waals surface area contributed by atoms with Gasteiger partial charge < -0.3 is 9.47 Å². The van der Waals surface area contributed by atoms with Gasteiger partial charge in [0.25, 0.3) is 0 Å². The first kappa shape index (κ1) is 14.7. The highest BCUT2D eigenvalue weighted by Gasteiger charge is 2.33. The van der Waals surface area contributed by atoms with Gasteiger partial charge in [-0.2, -0.15) is 0 Å². The minimum atomic E-state index is -0.268. The third-order valence-electron chi connectivity index (χ3n) is 3.58. The Kier molecular flexibility index (Phi) is 5.38. The van der Waals surface area contributed by atoms with E-state index in [9.17, 15) is 9.59 Å². The van der Waals surface area contributed by atoms with Crippen LogP contribution in [-0.2, 0) is 19.1 Å². The first-order chi connectivity index (χ1) is 8.41. The molecule has 4 nitrogen and oxygen atoms in total. The van der Waals surface area contributed by atoms with Crippen LogP contribution in [0.1, 0.15) is 27.7 Å². The standard InChI is InChI=1S/C14H22O4/c1-9-5-6-10(2)14(8-18-12(4)16)13(9)7-17-11(3)15/h5-6,9-10,13-14H,7-8H2,1-4H3/t9-,10-,13-,14+/m1/s1. The van der Waals surface area contributed by atoms with E-state index in [0.29, 0.717) is 25.0 Å². The second-order valence-corrected chi connectivity index (χ2v) is 5.04. The molecule has 1 aliphatic rings. The van der Waals surface area contributed by atoms with Crippen LogP contribution in [0.25, 0.3) is 0 Å². The van der Waals surface area contributed by atoms with E-state index in [0.717, 1.165) is 0 Å². The average Bonchev–Trinajstić information content (AvgIpc) is 2.28. The van der Waals surface area contributed by atoms with Crippen molar-refractivity contribution < 1.29 is 19.1 Å². The number of hydrogen-bond donors (Lipinski definition) is 0. The number of rotatable bonds is 4. The molecule has 0 fully saturated rings. The maximum absolute atomic E-state index is 10.9. The predicted octanol–water partition coefficient (Wildman–Crippen LogP) is 2.19. The van der Waals surface area contributed by atoms with E-state index in [1.54, 1.807) is 0 Å². The van der Waals surface area contributed by atoms with Crippen molar-refractivity contribution in [3.05, 3.63) is 12.2 Å². The summed E-state index contributed by atoms with van der Waals surface area (Å²) >= 11 is 0. The van der Waals surface area contributed by atoms with Gasteiger partial charge in [-0.1, -0.05) is 26.0 Å². The molecule has 4 atom stereocenters. The van der Waals surface area contributed by atoms with Gasteiger partial charge in [0.15, 0.2) is 0 Å². The molecule has 1 aliphatic carbocycles. The van der Waals surface area contributed by atoms with Crippen LogP contribution >= 0.6 is 0 Å². The maximum atomic E-state index is 10.9. The molecular formula is C14H22O4. The summed E-state index contributed by atoms with van der Waals surface area (Å²) in [6.45, 7) is 7.78. The molecule has 0 saturated carbocycles. The molecular weight excluding hydrogens is 232 g/mol. The van der Waals surface area contributed by atoms with E-state index in [1.807, 2.05) is 0 Å². The van der Waals surface area contributed by atoms with Gasteiger partial charge in [0.2, 0.25) is 0 Å². The van der Waals surface area contributed by atoms with E-state index in [1.165, 1.54) is 13.8 Å². The SMILES string of the molecule is CC(=O)OC[C@@H]1[C@H](COC(C)=O)[C@H](C)C=C[C@H]1C. The Bertz CT molecular complexity index is 303. The lowest BCUT2D eigenvalue weighted by molar-refractivity contribution is -0.148. The number of ether oxygens (including phenoxy) is 2. The number of esters is 2. The molecule has 102 valence electrons. The van der Waals surface area contributed by atoms with Crippen LogP contribution < -0.4 is 0 Å². The highest BCUT2D eigenvalue weighted by atomic mass is 16.5. The van der Waals surface area contributed by atoms with Crippen LogP contribution in [0.15, 0.2) is 12.2 Å². The van der Waals surface area contributed by atoms with Crippen LogP contribution in [0.5, 0.6) is 0 Å². The lowest BCUT2D eigenvalue weighted by Gasteiger charge is -2.36. The minimum absolute atomic E-state index is 0.202. The Balaban J connectivity index is 2.68. The molecule has 0 aliphatic heterocycles. The van der Waals surface area contributed by atoms with Crippen LogP contribution in [-0.4, -0.2) is 25.2 Å². The fourth-order valence-electron chi connectivity index (χ4n) is 2.39. The summed E-state index contributed by atoms with van der Waals surface area (Å²) in [5.74, 6) is 0.509. The van der Waals surface area contributed by atoms with Crippen molar-refractivity contribution in [3.63, 3.8) is 0 Å². The fraction of sp³-hybridized carbons (Fsp3) is 0.714. The Labute approximate surface area is 108 Å². The van der Waals surface area contributed by atoms with Crippen LogP contribution in [0.2, 0.25) is 0 Å². The first-order valence-electron chi connectivity index (χ1n) is 6.37. The summed E-state index contributed by atoms with van der Waals surface area (Å²) in [6.07, 6.45) is 4.28. The first-order valence-corrected chi connectivity index (χ1v) is 6.37. The summed E-state index contributed by atoms with van der Waals surface area (Å²) in [7, 11) is 0. The third-order valence-corrected chi connectivity index (χ3v) is 3.58. The van der Waals surface area contributed by atoms with Gasteiger partial charge in [0.1, 0.15) is 0 Å². The lowest BCUT2D eigenvalue weighted by atomic mass is 9.72. The van der Waals surface area contributed by atoms with Crippen molar-refractivity contribution in [1.82, 2.24) is 0 Å². The van der Waals surface area contributed by atoms with Gasteiger partial charge in [-0.25, -0.2) is 0 Å². The Morgan fingerprint density at radius 3 is 1.50 bits per heavy atom. The third kappa shape index (κ3) is 4.17. The fourth-order valence-corrected chi connectivity index (χ4v) is 2.39. The molecule has 0 unspecified atom stereocenters. The normalized spacial score (nSPS) is 30.9. The van der Waals surface area contributed by atoms with Crippen molar-refractivity contribution in [2.45, 2.75) is 27.7 Å². The summed E-state index contributed by atoms with van der Waals surface area (Å²) in [6, 6.07) is 0. The van der Waals surface area contributed by atoms with E-state index < -0.39 is 0 Å². The van der Waals surface area contributed by atoms with E-state index in [-0.39, 0.29) is 23.8 Å². The van der Waals surface area contributed by atoms with Gasteiger partial charge in [-0.05, 0) is 11.8 Å². The van der Waals surface area contributed by atoms with Gasteiger partial charge in [-0.3, -0.25) is 9.59 Å². The summed E-state index contributed by atoms with van der Waals surface area (Å²) in [4.78, 5) is 21.8. The van der Waals surface area contributed by atoms with Crippen LogP contribution in [0, 0.1) is 23.7 Å². The summed E-state index contributed by atoms with van der Waals surface area (Å²) < 4.78 is 10.2. The Morgan fingerprint density at radius 2 is 1.22 bits per heavy atom. The van der Waals surface area contributed by atoms with Crippen molar-refractivity contribution in [2.75, 3.05) is 13.2 Å².